The summed E-state index contributed by atoms with van der Waals surface area (Å²) in [6.45, 7) is 8.40. The molecule has 0 saturated heterocycles. The van der Waals surface area contributed by atoms with Crippen LogP contribution in [0.15, 0.2) is 90.0 Å². The fourth-order valence-corrected chi connectivity index (χ4v) is 6.20. The number of anilines is 3. The van der Waals surface area contributed by atoms with Crippen molar-refractivity contribution in [1.82, 2.24) is 19.9 Å². The third-order valence-corrected chi connectivity index (χ3v) is 9.67. The summed E-state index contributed by atoms with van der Waals surface area (Å²) in [7, 11) is -2.33. The van der Waals surface area contributed by atoms with Crippen LogP contribution in [0.25, 0.3) is 16.8 Å². The lowest BCUT2D eigenvalue weighted by Crippen LogP contribution is -2.51. The Kier molecular flexibility index (Phi) is 12.9. The summed E-state index contributed by atoms with van der Waals surface area (Å²) in [4.78, 5) is 44.3. The van der Waals surface area contributed by atoms with Gasteiger partial charge in [0.1, 0.15) is 17.6 Å². The number of nitrogens with one attached hydrogen (secondary N) is 2. The van der Waals surface area contributed by atoms with Gasteiger partial charge in [-0.05, 0) is 78.9 Å². The highest BCUT2D eigenvalue weighted by molar-refractivity contribution is 7.90. The highest BCUT2D eigenvalue weighted by atomic mass is 35.5. The summed E-state index contributed by atoms with van der Waals surface area (Å²) >= 11 is 0. The quantitative estimate of drug-likeness (QED) is 0.113. The number of hydrogen-bond donors (Lipinski definition) is 3. The lowest BCUT2D eigenvalue weighted by molar-refractivity contribution is -0.143. The third kappa shape index (κ3) is 9.95. The number of amides is 2. The molecule has 0 aliphatic rings. The number of fused-ring (bicyclic) bond motifs is 1. The molecule has 55 heavy (non-hydrogen) atoms. The number of ether oxygens (including phenoxy) is 2. The molecule has 0 aliphatic carbocycles. The lowest BCUT2D eigenvalue weighted by Gasteiger charge is -2.31. The van der Waals surface area contributed by atoms with E-state index < -0.39 is 45.5 Å². The number of sulfone groups is 1. The second-order valence-electron chi connectivity index (χ2n) is 13.7. The maximum atomic E-state index is 13.9. The van der Waals surface area contributed by atoms with Crippen molar-refractivity contribution in [3.63, 3.8) is 0 Å². The average Bonchev–Trinajstić information content (AvgIpc) is 3.53. The van der Waals surface area contributed by atoms with Crippen LogP contribution in [0.4, 0.5) is 26.5 Å². The van der Waals surface area contributed by atoms with Crippen LogP contribution >= 0.6 is 12.4 Å². The fourth-order valence-electron chi connectivity index (χ4n) is 5.56. The van der Waals surface area contributed by atoms with Gasteiger partial charge in [-0.15, -0.1) is 17.5 Å². The lowest BCUT2D eigenvalue weighted by atomic mass is 9.87. The van der Waals surface area contributed by atoms with E-state index in [4.69, 9.17) is 9.47 Å². The van der Waals surface area contributed by atoms with E-state index >= 15 is 0 Å². The maximum Gasteiger partial charge on any atom is 0.423 e. The molecule has 0 saturated carbocycles. The smallest absolute Gasteiger partial charge is 0.423 e. The van der Waals surface area contributed by atoms with Gasteiger partial charge in [-0.25, -0.2) is 27.0 Å². The molecule has 3 aromatic carbocycles. The van der Waals surface area contributed by atoms with Gasteiger partial charge in [0.15, 0.2) is 21.7 Å². The van der Waals surface area contributed by atoms with E-state index in [1.165, 1.54) is 48.9 Å². The fraction of sp³-hybridized carbons (Fsp3) is 0.289. The second-order valence-corrected chi connectivity index (χ2v) is 15.8. The number of aromatic nitrogens is 3. The van der Waals surface area contributed by atoms with Crippen molar-refractivity contribution in [2.75, 3.05) is 23.6 Å². The number of carbonyl (C=O) groups is 3. The maximum absolute atomic E-state index is 13.9. The summed E-state index contributed by atoms with van der Waals surface area (Å²) in [5.74, 6) is -2.41. The van der Waals surface area contributed by atoms with Gasteiger partial charge in [0, 0.05) is 29.8 Å². The van der Waals surface area contributed by atoms with E-state index in [0.29, 0.717) is 16.9 Å². The minimum absolute atomic E-state index is 0. The molecule has 0 spiro atoms. The van der Waals surface area contributed by atoms with Gasteiger partial charge in [0.05, 0.1) is 23.6 Å². The number of nitrogens with zero attached hydrogens (tertiary/aromatic N) is 4. The highest BCUT2D eigenvalue weighted by Gasteiger charge is 2.35. The Labute approximate surface area is 324 Å². The topological polar surface area (TPSA) is 182 Å². The van der Waals surface area contributed by atoms with E-state index in [-0.39, 0.29) is 46.4 Å². The van der Waals surface area contributed by atoms with Crippen LogP contribution in [0, 0.1) is 11.2 Å². The molecule has 2 amide bonds. The molecule has 17 heteroatoms. The van der Waals surface area contributed by atoms with Crippen LogP contribution in [0.3, 0.4) is 0 Å². The van der Waals surface area contributed by atoms with Crippen molar-refractivity contribution in [1.29, 1.82) is 0 Å². The average molecular weight is 797 g/mol. The van der Waals surface area contributed by atoms with Gasteiger partial charge >= 0.3 is 12.1 Å². The zero-order chi connectivity index (χ0) is 39.5. The third-order valence-electron chi connectivity index (χ3n) is 8.56. The largest absolute Gasteiger partial charge is 0.495 e. The van der Waals surface area contributed by atoms with Crippen LogP contribution in [-0.4, -0.2) is 71.7 Å². The van der Waals surface area contributed by atoms with Crippen molar-refractivity contribution >= 4 is 63.2 Å². The van der Waals surface area contributed by atoms with E-state index in [0.717, 1.165) is 22.3 Å². The standard InChI is InChI=1S/C38H41FN6O8S.ClH/c1-22(24-8-13-27(39)14-9-24)34(46)41-28-15-10-25(11-16-28)26-12-19-32-42-36(43-44(32)21-26)45(30-18-17-29(54(7,50)51)20-31(30)52-6)37(49)53-23(2)40-33(35(47)48)38(3,4)5;/h8-23,33,40H,1-7H3,(H,41,46)(H,47,48);1H/t22-,23?,33+;/m1./s1. The van der Waals surface area contributed by atoms with Crippen LogP contribution in [-0.2, 0) is 24.2 Å². The van der Waals surface area contributed by atoms with Gasteiger partial charge in [-0.3, -0.25) is 14.9 Å². The Morgan fingerprint density at radius 2 is 1.58 bits per heavy atom. The highest BCUT2D eigenvalue weighted by Crippen LogP contribution is 2.36. The van der Waals surface area contributed by atoms with Crippen LogP contribution in [0.1, 0.15) is 46.1 Å². The number of benzene rings is 3. The van der Waals surface area contributed by atoms with E-state index in [1.54, 1.807) is 70.3 Å². The van der Waals surface area contributed by atoms with E-state index in [2.05, 4.69) is 20.7 Å². The number of carbonyl (C=O) groups excluding carboxylic acids is 2. The second kappa shape index (κ2) is 16.8. The number of pyridine rings is 1. The summed E-state index contributed by atoms with van der Waals surface area (Å²) in [6.07, 6.45) is 0.635. The minimum Gasteiger partial charge on any atom is -0.495 e. The SMILES string of the molecule is COc1cc(S(C)(=O)=O)ccc1N(C(=O)OC(C)N[C@@H](C(=O)O)C(C)(C)C)c1nc2ccc(-c3ccc(NC(=O)[C@H](C)c4ccc(F)cc4)cc3)cn2n1.Cl. The molecule has 3 N–H and O–H groups in total. The van der Waals surface area contributed by atoms with Gasteiger partial charge < -0.3 is 19.9 Å². The summed E-state index contributed by atoms with van der Waals surface area (Å²) < 4.78 is 50.6. The molecule has 14 nitrogen and oxygen atoms in total. The monoisotopic (exact) mass is 796 g/mol. The first-order valence-corrected chi connectivity index (χ1v) is 18.7. The van der Waals surface area contributed by atoms with Gasteiger partial charge in [-0.1, -0.05) is 45.0 Å². The molecule has 0 aliphatic heterocycles. The van der Waals surface area contributed by atoms with Crippen molar-refractivity contribution < 1.29 is 41.8 Å². The molecule has 1 unspecified atom stereocenters. The van der Waals surface area contributed by atoms with Gasteiger partial charge in [-0.2, -0.15) is 4.98 Å². The van der Waals surface area contributed by atoms with Gasteiger partial charge in [0.25, 0.3) is 5.95 Å². The summed E-state index contributed by atoms with van der Waals surface area (Å²) in [6, 6.07) is 19.2. The predicted octanol–water partition coefficient (Wildman–Crippen LogP) is 6.82. The molecule has 0 bridgehead atoms. The van der Waals surface area contributed by atoms with Crippen LogP contribution in [0.2, 0.25) is 0 Å². The summed E-state index contributed by atoms with van der Waals surface area (Å²) in [5, 5.41) is 20.0. The van der Waals surface area contributed by atoms with Crippen molar-refractivity contribution in [2.24, 2.45) is 5.41 Å². The normalized spacial score (nSPS) is 13.2. The molecule has 3 atom stereocenters. The zero-order valence-electron chi connectivity index (χ0n) is 31.1. The molecular weight excluding hydrogens is 755 g/mol. The van der Waals surface area contributed by atoms with Crippen molar-refractivity contribution in [2.45, 2.75) is 57.7 Å². The molecule has 5 aromatic rings. The van der Waals surface area contributed by atoms with Crippen molar-refractivity contribution in [3.05, 3.63) is 96.4 Å². The van der Waals surface area contributed by atoms with Crippen LogP contribution < -0.4 is 20.3 Å². The molecule has 292 valence electrons. The molecule has 2 heterocycles. The Balaban J connectivity index is 0.00000673. The first-order chi connectivity index (χ1) is 25.3. The van der Waals surface area contributed by atoms with Gasteiger partial charge in [0.2, 0.25) is 5.91 Å². The molecule has 2 aromatic heterocycles. The minimum atomic E-state index is -3.64. The van der Waals surface area contributed by atoms with Crippen LogP contribution in [0.5, 0.6) is 5.75 Å². The first-order valence-electron chi connectivity index (χ1n) is 16.8. The number of rotatable bonds is 12. The Morgan fingerprint density at radius 1 is 0.945 bits per heavy atom. The number of aliphatic carboxylic acids is 1. The molecular formula is C38H42ClFN6O8S. The Bertz CT molecular complexity index is 2300. The number of carboxylic acid groups (broad SMARTS) is 1. The number of halogens is 2. The zero-order valence-corrected chi connectivity index (χ0v) is 32.7. The number of hydrogen-bond acceptors (Lipinski definition) is 10. The first kappa shape index (κ1) is 42.2. The Morgan fingerprint density at radius 3 is 2.16 bits per heavy atom. The van der Waals surface area contributed by atoms with E-state index in [9.17, 15) is 32.3 Å². The number of carboxylic acids is 1. The predicted molar refractivity (Wildman–Crippen MR) is 207 cm³/mol. The molecule has 0 radical (unpaired) electrons. The molecule has 0 fully saturated rings. The summed E-state index contributed by atoms with van der Waals surface area (Å²) in [5.41, 5.74) is 2.43. The van der Waals surface area contributed by atoms with E-state index in [1.807, 2.05) is 12.1 Å². The molecule has 5 rings (SSSR count). The Hall–Kier alpha value is -5.58. The van der Waals surface area contributed by atoms with Crippen molar-refractivity contribution in [3.8, 4) is 16.9 Å². The number of methoxy groups -OCH3 is 1.